The molecule has 17 nitrogen and oxygen atoms in total. The maximum absolute atomic E-state index is 14.6. The molecule has 3 aliphatic heterocycles. The molecule has 0 aromatic carbocycles. The maximum atomic E-state index is 14.6. The number of rotatable bonds is 11. The van der Waals surface area contributed by atoms with Gasteiger partial charge in [0.15, 0.2) is 12.1 Å². The number of ketones is 3. The number of aliphatic hydroxyl groups excluding tert-OH is 4. The molecule has 1 saturated carbocycles. The summed E-state index contributed by atoms with van der Waals surface area (Å²) in [6.45, 7) is 13.1. The SMILES string of the molecule is COC1CC2CCC(C)C(O)(O2)C(=O)C(=O)N2CCCCC2C(=O)OC(C(C)CC2CCC(OC(O)C(C)(CO)CO)C(OC)C2)CC(=O)[C@@H](C)/C=C(/C)C(O)C(OC)C(=O)C(C)CC(C)/C=C/C=C/C=C\1C. The molecule has 0 spiro atoms. The van der Waals surface area contributed by atoms with E-state index in [-0.39, 0.29) is 42.8 Å². The molecular weight excluding hydrogens is 943 g/mol. The normalized spacial score (nSPS) is 38.0. The molecule has 4 aliphatic rings. The number of carbonyl (C=O) groups is 5. The standard InChI is InChI=1S/C56H89NO16/c1-33-17-13-12-14-18-34(2)45(68-9)29-41-22-20-39(7)56(67,73-41)51(63)52(64)57-24-16-15-19-42(57)53(65)71-46(30-43(60)35(3)26-38(6)49(62)50(70-11)48(61)37(5)25-33)36(4)27-40-21-23-44(47(28-40)69-10)72-54(66)55(8,31-58)32-59/h12-14,17-18,26,33,35-37,39-42,44-47,49-50,54,58-59,62,66-67H,15-16,19-25,27-32H2,1-11H3/b14-12+,17-13+,34-18-,38-26-/t33?,35-,36?,37?,39?,40?,41?,42?,44?,45?,46?,47?,49?,50?,54?,56?/m0/s1. The first kappa shape index (κ1) is 62.1. The van der Waals surface area contributed by atoms with E-state index in [1.54, 1.807) is 40.9 Å². The molecule has 0 radical (unpaired) electrons. The molecule has 3 fully saturated rings. The van der Waals surface area contributed by atoms with Crippen LogP contribution in [0.5, 0.6) is 0 Å². The number of hydrogen-bond donors (Lipinski definition) is 5. The highest BCUT2D eigenvalue weighted by atomic mass is 16.6. The van der Waals surface area contributed by atoms with Crippen LogP contribution in [0, 0.1) is 40.9 Å². The predicted molar refractivity (Wildman–Crippen MR) is 272 cm³/mol. The van der Waals surface area contributed by atoms with E-state index in [9.17, 15) is 49.5 Å². The molecule has 0 aromatic rings. The van der Waals surface area contributed by atoms with Crippen LogP contribution in [0.15, 0.2) is 47.6 Å². The summed E-state index contributed by atoms with van der Waals surface area (Å²) in [5.74, 6) is -8.52. The number of fused-ring (bicyclic) bond motifs is 3. The van der Waals surface area contributed by atoms with Gasteiger partial charge in [0.25, 0.3) is 11.7 Å². The number of allylic oxidation sites excluding steroid dienone is 6. The lowest BCUT2D eigenvalue weighted by Crippen LogP contribution is -2.61. The summed E-state index contributed by atoms with van der Waals surface area (Å²) in [5.41, 5.74) is -0.0739. The summed E-state index contributed by atoms with van der Waals surface area (Å²) in [4.78, 5) is 72.5. The number of hydrogen-bond acceptors (Lipinski definition) is 16. The predicted octanol–water partition coefficient (Wildman–Crippen LogP) is 5.51. The van der Waals surface area contributed by atoms with Crippen molar-refractivity contribution in [1.82, 2.24) is 4.90 Å². The van der Waals surface area contributed by atoms with Crippen LogP contribution in [0.25, 0.3) is 0 Å². The molecule has 2 bridgehead atoms. The topological polar surface area (TPSA) is 245 Å². The lowest BCUT2D eigenvalue weighted by Gasteiger charge is -2.43. The Morgan fingerprint density at radius 2 is 1.55 bits per heavy atom. The molecule has 414 valence electrons. The van der Waals surface area contributed by atoms with Crippen molar-refractivity contribution in [3.05, 3.63) is 47.6 Å². The zero-order valence-corrected chi connectivity index (χ0v) is 45.4. The van der Waals surface area contributed by atoms with E-state index in [0.29, 0.717) is 69.8 Å². The van der Waals surface area contributed by atoms with Gasteiger partial charge in [0.1, 0.15) is 30.1 Å². The third-order valence-electron chi connectivity index (χ3n) is 16.1. The highest BCUT2D eigenvalue weighted by molar-refractivity contribution is 6.39. The van der Waals surface area contributed by atoms with E-state index in [1.165, 1.54) is 26.0 Å². The van der Waals surface area contributed by atoms with E-state index < -0.39 is 121 Å². The Hall–Kier alpha value is -3.49. The van der Waals surface area contributed by atoms with Gasteiger partial charge in [-0.25, -0.2) is 4.79 Å². The fourth-order valence-corrected chi connectivity index (χ4v) is 10.8. The average molecular weight is 1030 g/mol. The van der Waals surface area contributed by atoms with Gasteiger partial charge in [0, 0.05) is 58.5 Å². The number of piperidine rings is 1. The van der Waals surface area contributed by atoms with Crippen molar-refractivity contribution in [2.24, 2.45) is 40.9 Å². The number of aliphatic hydroxyl groups is 5. The molecular formula is C56H89NO16. The minimum Gasteiger partial charge on any atom is -0.460 e. The Balaban J connectivity index is 1.69. The number of ether oxygens (including phenoxy) is 6. The zero-order chi connectivity index (χ0) is 54.4. The van der Waals surface area contributed by atoms with Crippen LogP contribution in [0.4, 0.5) is 0 Å². The minimum atomic E-state index is -2.46. The second-order valence-electron chi connectivity index (χ2n) is 22.0. The number of carbonyl (C=O) groups excluding carboxylic acids is 5. The molecule has 1 aliphatic carbocycles. The largest absolute Gasteiger partial charge is 0.460 e. The first-order valence-electron chi connectivity index (χ1n) is 26.5. The van der Waals surface area contributed by atoms with Crippen LogP contribution in [0.3, 0.4) is 0 Å². The highest BCUT2D eigenvalue weighted by Crippen LogP contribution is 2.39. The van der Waals surface area contributed by atoms with Gasteiger partial charge in [-0.1, -0.05) is 78.0 Å². The van der Waals surface area contributed by atoms with Gasteiger partial charge in [-0.05, 0) is 107 Å². The van der Waals surface area contributed by atoms with Gasteiger partial charge in [0.2, 0.25) is 5.79 Å². The summed E-state index contributed by atoms with van der Waals surface area (Å²) < 4.78 is 35.7. The first-order chi connectivity index (χ1) is 34.5. The minimum absolute atomic E-state index is 0.00387. The van der Waals surface area contributed by atoms with E-state index in [0.717, 1.165) is 5.57 Å². The number of cyclic esters (lactones) is 1. The van der Waals surface area contributed by atoms with E-state index >= 15 is 0 Å². The summed E-state index contributed by atoms with van der Waals surface area (Å²) in [6, 6.07) is -1.19. The van der Waals surface area contributed by atoms with Crippen LogP contribution < -0.4 is 0 Å². The molecule has 16 atom stereocenters. The quantitative estimate of drug-likeness (QED) is 0.0741. The van der Waals surface area contributed by atoms with Crippen LogP contribution in [-0.4, -0.2) is 162 Å². The molecule has 5 N–H and O–H groups in total. The molecule has 17 heteroatoms. The van der Waals surface area contributed by atoms with Gasteiger partial charge in [-0.3, -0.25) is 19.2 Å². The molecule has 1 amide bonds. The lowest BCUT2D eigenvalue weighted by molar-refractivity contribution is -0.265. The van der Waals surface area contributed by atoms with E-state index in [4.69, 9.17) is 28.4 Å². The summed E-state index contributed by atoms with van der Waals surface area (Å²) in [7, 11) is 4.47. The van der Waals surface area contributed by atoms with Gasteiger partial charge in [-0.15, -0.1) is 0 Å². The van der Waals surface area contributed by atoms with Gasteiger partial charge >= 0.3 is 5.97 Å². The highest BCUT2D eigenvalue weighted by Gasteiger charge is 2.53. The van der Waals surface area contributed by atoms with Crippen LogP contribution in [0.1, 0.15) is 132 Å². The summed E-state index contributed by atoms with van der Waals surface area (Å²) in [6.07, 6.45) is 8.72. The van der Waals surface area contributed by atoms with Crippen molar-refractivity contribution in [1.29, 1.82) is 0 Å². The van der Waals surface area contributed by atoms with Crippen molar-refractivity contribution < 1.29 is 77.9 Å². The van der Waals surface area contributed by atoms with Gasteiger partial charge < -0.3 is 58.9 Å². The number of methoxy groups -OCH3 is 3. The fourth-order valence-electron chi connectivity index (χ4n) is 10.8. The number of Topliss-reactive ketones (excluding diaryl/α,β-unsaturated/α-hetero) is 3. The fraction of sp³-hybridized carbons (Fsp3) is 0.768. The molecule has 2 saturated heterocycles. The summed E-state index contributed by atoms with van der Waals surface area (Å²) >= 11 is 0. The third kappa shape index (κ3) is 16.3. The number of nitrogens with zero attached hydrogens (tertiary/aromatic N) is 1. The second-order valence-corrected chi connectivity index (χ2v) is 22.0. The lowest BCUT2D eigenvalue weighted by atomic mass is 9.78. The summed E-state index contributed by atoms with van der Waals surface area (Å²) in [5, 5.41) is 54.0. The Bertz CT molecular complexity index is 1960. The molecule has 0 aromatic heterocycles. The third-order valence-corrected chi connectivity index (χ3v) is 16.1. The Morgan fingerprint density at radius 3 is 2.19 bits per heavy atom. The smallest absolute Gasteiger partial charge is 0.329 e. The van der Waals surface area contributed by atoms with Crippen LogP contribution in [0.2, 0.25) is 0 Å². The van der Waals surface area contributed by atoms with Crippen molar-refractivity contribution in [3.63, 3.8) is 0 Å². The van der Waals surface area contributed by atoms with Crippen molar-refractivity contribution in [2.75, 3.05) is 41.1 Å². The molecule has 15 unspecified atom stereocenters. The monoisotopic (exact) mass is 1030 g/mol. The van der Waals surface area contributed by atoms with Crippen LogP contribution in [-0.2, 0) is 52.4 Å². The average Bonchev–Trinajstić information content (AvgIpc) is 3.37. The van der Waals surface area contributed by atoms with Crippen molar-refractivity contribution in [3.8, 4) is 0 Å². The Morgan fingerprint density at radius 1 is 0.849 bits per heavy atom. The van der Waals surface area contributed by atoms with E-state index in [1.807, 2.05) is 51.2 Å². The van der Waals surface area contributed by atoms with Gasteiger partial charge in [0.05, 0.1) is 43.0 Å². The van der Waals surface area contributed by atoms with Crippen LogP contribution >= 0.6 is 0 Å². The Labute approximate surface area is 433 Å². The molecule has 3 heterocycles. The molecule has 4 rings (SSSR count). The second kappa shape index (κ2) is 28.6. The molecule has 73 heavy (non-hydrogen) atoms. The van der Waals surface area contributed by atoms with Crippen molar-refractivity contribution in [2.45, 2.75) is 193 Å². The zero-order valence-electron chi connectivity index (χ0n) is 45.4. The number of amides is 1. The van der Waals surface area contributed by atoms with Crippen molar-refractivity contribution >= 4 is 29.2 Å². The van der Waals surface area contributed by atoms with E-state index in [2.05, 4.69) is 0 Å². The first-order valence-corrected chi connectivity index (χ1v) is 26.5. The van der Waals surface area contributed by atoms with Gasteiger partial charge in [-0.2, -0.15) is 0 Å². The maximum Gasteiger partial charge on any atom is 0.329 e. The Kier molecular flexibility index (Phi) is 24.3. The number of esters is 1.